The summed E-state index contributed by atoms with van der Waals surface area (Å²) in [5.74, 6) is 0.593. The van der Waals surface area contributed by atoms with Crippen LogP contribution in [0.3, 0.4) is 0 Å². The molecule has 1 rings (SSSR count). The summed E-state index contributed by atoms with van der Waals surface area (Å²) in [4.78, 5) is 13.7. The lowest BCUT2D eigenvalue weighted by Gasteiger charge is -2.17. The van der Waals surface area contributed by atoms with Crippen LogP contribution in [0.4, 0.5) is 5.82 Å². The maximum absolute atomic E-state index is 12.0. The van der Waals surface area contributed by atoms with Crippen LogP contribution in [0.1, 0.15) is 30.8 Å². The second kappa shape index (κ2) is 8.42. The monoisotopic (exact) mass is 266 g/mol. The molecule has 0 aromatic carbocycles. The van der Waals surface area contributed by atoms with Crippen LogP contribution in [0.5, 0.6) is 0 Å². The first-order valence-electron chi connectivity index (χ1n) is 6.58. The van der Waals surface area contributed by atoms with Gasteiger partial charge in [0.2, 0.25) is 0 Å². The van der Waals surface area contributed by atoms with Crippen LogP contribution in [0.2, 0.25) is 0 Å². The fourth-order valence-electron chi connectivity index (χ4n) is 1.65. The molecule has 6 nitrogen and oxygen atoms in total. The van der Waals surface area contributed by atoms with Gasteiger partial charge in [0.1, 0.15) is 5.82 Å². The molecule has 0 aliphatic carbocycles. The van der Waals surface area contributed by atoms with Gasteiger partial charge >= 0.3 is 0 Å². The normalized spacial score (nSPS) is 10.3. The number of anilines is 1. The number of amides is 1. The molecule has 1 aromatic heterocycles. The van der Waals surface area contributed by atoms with Gasteiger partial charge in [-0.05, 0) is 32.4 Å². The number of methoxy groups -OCH3 is 1. The minimum absolute atomic E-state index is 0.0802. The van der Waals surface area contributed by atoms with Crippen molar-refractivity contribution in [1.29, 1.82) is 0 Å². The number of hydrogen-bond donors (Lipinski definition) is 1. The highest BCUT2D eigenvalue weighted by atomic mass is 16.5. The third kappa shape index (κ3) is 4.82. The van der Waals surface area contributed by atoms with E-state index < -0.39 is 0 Å². The highest BCUT2D eigenvalue weighted by Crippen LogP contribution is 2.05. The van der Waals surface area contributed by atoms with Gasteiger partial charge in [0, 0.05) is 33.4 Å². The summed E-state index contributed by atoms with van der Waals surface area (Å²) >= 11 is 0. The van der Waals surface area contributed by atoms with Crippen molar-refractivity contribution in [3.05, 3.63) is 17.8 Å². The average Bonchev–Trinajstić information content (AvgIpc) is 2.45. The van der Waals surface area contributed by atoms with Crippen LogP contribution >= 0.6 is 0 Å². The standard InChI is InChI=1S/C13H22N4O2/c1-4-17(5-2)13(18)11-7-8-12(16-15-11)14-9-6-10-19-3/h7-8H,4-6,9-10H2,1-3H3,(H,14,16). The van der Waals surface area contributed by atoms with Gasteiger partial charge in [0.15, 0.2) is 5.69 Å². The van der Waals surface area contributed by atoms with Crippen LogP contribution in [0, 0.1) is 0 Å². The van der Waals surface area contributed by atoms with E-state index in [1.54, 1.807) is 24.1 Å². The fraction of sp³-hybridized carbons (Fsp3) is 0.615. The Bertz CT molecular complexity index is 377. The smallest absolute Gasteiger partial charge is 0.274 e. The Balaban J connectivity index is 2.53. The summed E-state index contributed by atoms with van der Waals surface area (Å²) in [6.45, 7) is 6.72. The van der Waals surface area contributed by atoms with Crippen molar-refractivity contribution in [2.24, 2.45) is 0 Å². The van der Waals surface area contributed by atoms with Crippen molar-refractivity contribution in [2.75, 3.05) is 38.7 Å². The van der Waals surface area contributed by atoms with Crippen LogP contribution < -0.4 is 5.32 Å². The number of carbonyl (C=O) groups excluding carboxylic acids is 1. The Labute approximate surface area is 114 Å². The highest BCUT2D eigenvalue weighted by molar-refractivity contribution is 5.92. The summed E-state index contributed by atoms with van der Waals surface area (Å²) in [6, 6.07) is 3.48. The van der Waals surface area contributed by atoms with Crippen LogP contribution in [0.25, 0.3) is 0 Å². The minimum Gasteiger partial charge on any atom is -0.385 e. The molecule has 106 valence electrons. The minimum atomic E-state index is -0.0802. The van der Waals surface area contributed by atoms with E-state index in [-0.39, 0.29) is 5.91 Å². The molecule has 0 unspecified atom stereocenters. The molecule has 0 aliphatic heterocycles. The van der Waals surface area contributed by atoms with Crippen molar-refractivity contribution in [3.63, 3.8) is 0 Å². The molecule has 0 saturated carbocycles. The molecule has 1 amide bonds. The molecule has 0 fully saturated rings. The van der Waals surface area contributed by atoms with Gasteiger partial charge in [-0.15, -0.1) is 10.2 Å². The van der Waals surface area contributed by atoms with E-state index >= 15 is 0 Å². The first kappa shape index (κ1) is 15.4. The van der Waals surface area contributed by atoms with E-state index in [0.717, 1.165) is 13.0 Å². The summed E-state index contributed by atoms with van der Waals surface area (Å²) in [7, 11) is 1.67. The quantitative estimate of drug-likeness (QED) is 0.720. The van der Waals surface area contributed by atoms with Gasteiger partial charge in [0.05, 0.1) is 0 Å². The van der Waals surface area contributed by atoms with Gasteiger partial charge in [-0.3, -0.25) is 4.79 Å². The number of ether oxygens (including phenoxy) is 1. The van der Waals surface area contributed by atoms with E-state index in [1.807, 2.05) is 13.8 Å². The molecule has 19 heavy (non-hydrogen) atoms. The lowest BCUT2D eigenvalue weighted by atomic mass is 10.3. The second-order valence-electron chi connectivity index (χ2n) is 4.05. The van der Waals surface area contributed by atoms with Crippen molar-refractivity contribution in [1.82, 2.24) is 15.1 Å². The molecular weight excluding hydrogens is 244 g/mol. The molecule has 0 aliphatic rings. The SMILES string of the molecule is CCN(CC)C(=O)c1ccc(NCCCOC)nn1. The topological polar surface area (TPSA) is 67.4 Å². The Morgan fingerprint density at radius 3 is 2.58 bits per heavy atom. The van der Waals surface area contributed by atoms with Gasteiger partial charge in [-0.25, -0.2) is 0 Å². The number of carbonyl (C=O) groups is 1. The van der Waals surface area contributed by atoms with Gasteiger partial charge in [0.25, 0.3) is 5.91 Å². The summed E-state index contributed by atoms with van der Waals surface area (Å²) < 4.78 is 4.96. The third-order valence-corrected chi connectivity index (χ3v) is 2.77. The zero-order valence-electron chi connectivity index (χ0n) is 11.8. The first-order valence-corrected chi connectivity index (χ1v) is 6.58. The number of nitrogens with one attached hydrogen (secondary N) is 1. The molecule has 0 radical (unpaired) electrons. The molecule has 6 heteroatoms. The zero-order chi connectivity index (χ0) is 14.1. The largest absolute Gasteiger partial charge is 0.385 e. The molecular formula is C13H22N4O2. The summed E-state index contributed by atoms with van der Waals surface area (Å²) in [5.41, 5.74) is 0.381. The Morgan fingerprint density at radius 2 is 2.05 bits per heavy atom. The predicted octanol–water partition coefficient (Wildman–Crippen LogP) is 1.41. The number of hydrogen-bond acceptors (Lipinski definition) is 5. The molecule has 1 heterocycles. The summed E-state index contributed by atoms with van der Waals surface area (Å²) in [6.07, 6.45) is 0.901. The van der Waals surface area contributed by atoms with Crippen LogP contribution in [-0.2, 0) is 4.74 Å². The fourth-order valence-corrected chi connectivity index (χ4v) is 1.65. The maximum atomic E-state index is 12.0. The number of nitrogens with zero attached hydrogens (tertiary/aromatic N) is 3. The maximum Gasteiger partial charge on any atom is 0.274 e. The number of rotatable bonds is 8. The average molecular weight is 266 g/mol. The van der Waals surface area contributed by atoms with E-state index in [1.165, 1.54) is 0 Å². The van der Waals surface area contributed by atoms with Crippen LogP contribution in [-0.4, -0.2) is 54.4 Å². The zero-order valence-corrected chi connectivity index (χ0v) is 11.8. The Morgan fingerprint density at radius 1 is 1.32 bits per heavy atom. The van der Waals surface area contributed by atoms with Gasteiger partial charge in [-0.2, -0.15) is 0 Å². The van der Waals surface area contributed by atoms with E-state index in [2.05, 4.69) is 15.5 Å². The molecule has 1 N–H and O–H groups in total. The van der Waals surface area contributed by atoms with Crippen molar-refractivity contribution in [3.8, 4) is 0 Å². The van der Waals surface area contributed by atoms with Crippen LogP contribution in [0.15, 0.2) is 12.1 Å². The molecule has 1 aromatic rings. The number of aromatic nitrogens is 2. The van der Waals surface area contributed by atoms with Gasteiger partial charge < -0.3 is 15.0 Å². The first-order chi connectivity index (χ1) is 9.22. The summed E-state index contributed by atoms with van der Waals surface area (Å²) in [5, 5.41) is 11.1. The lowest BCUT2D eigenvalue weighted by Crippen LogP contribution is -2.31. The van der Waals surface area contributed by atoms with E-state index in [9.17, 15) is 4.79 Å². The van der Waals surface area contributed by atoms with Crippen molar-refractivity contribution < 1.29 is 9.53 Å². The van der Waals surface area contributed by atoms with E-state index in [4.69, 9.17) is 4.74 Å². The second-order valence-corrected chi connectivity index (χ2v) is 4.05. The van der Waals surface area contributed by atoms with Crippen molar-refractivity contribution >= 4 is 11.7 Å². The Kier molecular flexibility index (Phi) is 6.81. The van der Waals surface area contributed by atoms with E-state index in [0.29, 0.717) is 31.2 Å². The van der Waals surface area contributed by atoms with Gasteiger partial charge in [-0.1, -0.05) is 0 Å². The molecule has 0 atom stereocenters. The Hall–Kier alpha value is -1.69. The molecule has 0 spiro atoms. The highest BCUT2D eigenvalue weighted by Gasteiger charge is 2.14. The molecule has 0 bridgehead atoms. The predicted molar refractivity (Wildman–Crippen MR) is 74.3 cm³/mol. The van der Waals surface area contributed by atoms with Crippen molar-refractivity contribution in [2.45, 2.75) is 20.3 Å². The molecule has 0 saturated heterocycles. The third-order valence-electron chi connectivity index (χ3n) is 2.77. The lowest BCUT2D eigenvalue weighted by molar-refractivity contribution is 0.0766.